The Kier molecular flexibility index (Phi) is 4.80. The third-order valence-electron chi connectivity index (χ3n) is 4.50. The summed E-state index contributed by atoms with van der Waals surface area (Å²) in [5.74, 6) is 0. The van der Waals surface area contributed by atoms with E-state index in [0.29, 0.717) is 0 Å². The fraction of sp³-hybridized carbons (Fsp3) is 0.500. The molecule has 0 radical (unpaired) electrons. The number of likely N-dealkylation sites (tertiary alicyclic amines) is 1. The molecule has 1 aromatic carbocycles. The Bertz CT molecular complexity index is 615. The van der Waals surface area contributed by atoms with Crippen LogP contribution in [0, 0.1) is 0 Å². The topological polar surface area (TPSA) is 44.5 Å². The van der Waals surface area contributed by atoms with Gasteiger partial charge in [0.05, 0.1) is 17.0 Å². The minimum absolute atomic E-state index is 0.542. The SMILES string of the molecule is CN(C)CC1(O)CCN(Cc2ccnn2-c2ccccc2)CC1. The van der Waals surface area contributed by atoms with Gasteiger partial charge in [0.2, 0.25) is 0 Å². The summed E-state index contributed by atoms with van der Waals surface area (Å²) in [5.41, 5.74) is 1.74. The highest BCUT2D eigenvalue weighted by atomic mass is 16.3. The summed E-state index contributed by atoms with van der Waals surface area (Å²) in [6.45, 7) is 3.45. The summed E-state index contributed by atoms with van der Waals surface area (Å²) in [6, 6.07) is 12.3. The van der Waals surface area contributed by atoms with Crippen molar-refractivity contribution in [1.29, 1.82) is 0 Å². The van der Waals surface area contributed by atoms with Crippen LogP contribution in [-0.2, 0) is 6.54 Å². The van der Waals surface area contributed by atoms with Crippen LogP contribution in [0.3, 0.4) is 0 Å². The zero-order valence-corrected chi connectivity index (χ0v) is 14.0. The van der Waals surface area contributed by atoms with Gasteiger partial charge in [-0.3, -0.25) is 4.90 Å². The summed E-state index contributed by atoms with van der Waals surface area (Å²) in [7, 11) is 4.03. The Morgan fingerprint density at radius 2 is 1.83 bits per heavy atom. The summed E-state index contributed by atoms with van der Waals surface area (Å²) in [6.07, 6.45) is 3.50. The molecular weight excluding hydrogens is 288 g/mol. The lowest BCUT2D eigenvalue weighted by atomic mass is 9.91. The second-order valence-corrected chi connectivity index (χ2v) is 6.81. The van der Waals surface area contributed by atoms with E-state index in [9.17, 15) is 5.11 Å². The zero-order chi connectivity index (χ0) is 16.3. The van der Waals surface area contributed by atoms with E-state index in [1.165, 1.54) is 5.69 Å². The lowest BCUT2D eigenvalue weighted by Gasteiger charge is -2.39. The van der Waals surface area contributed by atoms with E-state index in [1.807, 2.05) is 43.2 Å². The first kappa shape index (κ1) is 16.2. The van der Waals surface area contributed by atoms with Crippen molar-refractivity contribution >= 4 is 0 Å². The van der Waals surface area contributed by atoms with Gasteiger partial charge in [0.1, 0.15) is 0 Å². The van der Waals surface area contributed by atoms with Gasteiger partial charge in [-0.05, 0) is 45.1 Å². The van der Waals surface area contributed by atoms with Crippen LogP contribution >= 0.6 is 0 Å². The van der Waals surface area contributed by atoms with Crippen molar-refractivity contribution < 1.29 is 5.11 Å². The van der Waals surface area contributed by atoms with Gasteiger partial charge in [-0.25, -0.2) is 4.68 Å². The predicted octanol–water partition coefficient (Wildman–Crippen LogP) is 1.76. The van der Waals surface area contributed by atoms with Gasteiger partial charge >= 0.3 is 0 Å². The lowest BCUT2D eigenvalue weighted by Crippen LogP contribution is -2.49. The van der Waals surface area contributed by atoms with Crippen LogP contribution in [0.25, 0.3) is 5.69 Å². The highest BCUT2D eigenvalue weighted by Gasteiger charge is 2.32. The third-order valence-corrected chi connectivity index (χ3v) is 4.50. The smallest absolute Gasteiger partial charge is 0.0798 e. The number of piperidine rings is 1. The van der Waals surface area contributed by atoms with Crippen LogP contribution in [0.2, 0.25) is 0 Å². The average molecular weight is 314 g/mol. The molecule has 0 aliphatic carbocycles. The fourth-order valence-electron chi connectivity index (χ4n) is 3.36. The summed E-state index contributed by atoms with van der Waals surface area (Å²) >= 11 is 0. The van der Waals surface area contributed by atoms with Gasteiger partial charge in [0.25, 0.3) is 0 Å². The summed E-state index contributed by atoms with van der Waals surface area (Å²) in [4.78, 5) is 4.47. The first-order valence-corrected chi connectivity index (χ1v) is 8.24. The number of nitrogens with zero attached hydrogens (tertiary/aromatic N) is 4. The van der Waals surface area contributed by atoms with Crippen molar-refractivity contribution in [2.24, 2.45) is 0 Å². The Morgan fingerprint density at radius 1 is 1.13 bits per heavy atom. The minimum Gasteiger partial charge on any atom is -0.388 e. The van der Waals surface area contributed by atoms with Crippen LogP contribution in [0.15, 0.2) is 42.6 Å². The van der Waals surface area contributed by atoms with E-state index in [-0.39, 0.29) is 0 Å². The van der Waals surface area contributed by atoms with E-state index in [1.54, 1.807) is 0 Å². The molecule has 0 spiro atoms. The molecule has 124 valence electrons. The van der Waals surface area contributed by atoms with E-state index < -0.39 is 5.60 Å². The van der Waals surface area contributed by atoms with Gasteiger partial charge in [0.15, 0.2) is 0 Å². The third kappa shape index (κ3) is 3.99. The molecule has 1 aromatic heterocycles. The molecule has 2 aromatic rings. The number of hydrogen-bond acceptors (Lipinski definition) is 4. The standard InChI is InChI=1S/C18H26N4O/c1-20(2)15-18(23)9-12-21(13-10-18)14-17-8-11-19-22(17)16-6-4-3-5-7-16/h3-8,11,23H,9-10,12-15H2,1-2H3. The van der Waals surface area contributed by atoms with Crippen LogP contribution in [0.4, 0.5) is 0 Å². The van der Waals surface area contributed by atoms with E-state index in [2.05, 4.69) is 33.1 Å². The van der Waals surface area contributed by atoms with Gasteiger partial charge in [-0.15, -0.1) is 0 Å². The highest BCUT2D eigenvalue weighted by Crippen LogP contribution is 2.24. The zero-order valence-electron chi connectivity index (χ0n) is 14.0. The number of hydrogen-bond donors (Lipinski definition) is 1. The van der Waals surface area contributed by atoms with Crippen LogP contribution in [-0.4, -0.2) is 64.0 Å². The Labute approximate surface area is 138 Å². The van der Waals surface area contributed by atoms with Gasteiger partial charge in [-0.2, -0.15) is 5.10 Å². The lowest BCUT2D eigenvalue weighted by molar-refractivity contribution is -0.0391. The van der Waals surface area contributed by atoms with Gasteiger partial charge in [-0.1, -0.05) is 18.2 Å². The first-order valence-electron chi connectivity index (χ1n) is 8.24. The maximum absolute atomic E-state index is 10.6. The second kappa shape index (κ2) is 6.83. The molecule has 5 nitrogen and oxygen atoms in total. The van der Waals surface area contributed by atoms with Crippen LogP contribution < -0.4 is 0 Å². The van der Waals surface area contributed by atoms with Gasteiger partial charge < -0.3 is 10.0 Å². The normalized spacial score (nSPS) is 18.4. The summed E-state index contributed by atoms with van der Waals surface area (Å²) in [5, 5.41) is 15.1. The Morgan fingerprint density at radius 3 is 2.48 bits per heavy atom. The Hall–Kier alpha value is -1.69. The average Bonchev–Trinajstić information content (AvgIpc) is 2.98. The van der Waals surface area contributed by atoms with Crippen molar-refractivity contribution in [3.63, 3.8) is 0 Å². The second-order valence-electron chi connectivity index (χ2n) is 6.81. The van der Waals surface area contributed by atoms with E-state index in [0.717, 1.165) is 44.7 Å². The highest BCUT2D eigenvalue weighted by molar-refractivity contribution is 5.32. The molecule has 0 amide bonds. The van der Waals surface area contributed by atoms with Crippen LogP contribution in [0.1, 0.15) is 18.5 Å². The van der Waals surface area contributed by atoms with Crippen molar-refractivity contribution in [2.45, 2.75) is 25.0 Å². The predicted molar refractivity (Wildman–Crippen MR) is 91.6 cm³/mol. The number of likely N-dealkylation sites (N-methyl/N-ethyl adjacent to an activating group) is 1. The van der Waals surface area contributed by atoms with Crippen molar-refractivity contribution in [2.75, 3.05) is 33.7 Å². The number of aromatic nitrogens is 2. The molecule has 1 aliphatic heterocycles. The van der Waals surface area contributed by atoms with Crippen molar-refractivity contribution in [3.05, 3.63) is 48.3 Å². The maximum Gasteiger partial charge on any atom is 0.0798 e. The van der Waals surface area contributed by atoms with E-state index >= 15 is 0 Å². The quantitative estimate of drug-likeness (QED) is 0.913. The fourth-order valence-corrected chi connectivity index (χ4v) is 3.36. The van der Waals surface area contributed by atoms with Gasteiger partial charge in [0, 0.05) is 32.4 Å². The molecule has 0 bridgehead atoms. The molecule has 1 N–H and O–H groups in total. The molecular formula is C18H26N4O. The van der Waals surface area contributed by atoms with Crippen molar-refractivity contribution in [1.82, 2.24) is 19.6 Å². The molecule has 3 rings (SSSR count). The largest absolute Gasteiger partial charge is 0.388 e. The molecule has 0 atom stereocenters. The first-order chi connectivity index (χ1) is 11.1. The minimum atomic E-state index is -0.542. The molecule has 5 heteroatoms. The van der Waals surface area contributed by atoms with Crippen molar-refractivity contribution in [3.8, 4) is 5.69 Å². The number of benzene rings is 1. The number of rotatable bonds is 5. The molecule has 2 heterocycles. The molecule has 1 aliphatic rings. The number of aliphatic hydroxyl groups is 1. The molecule has 1 saturated heterocycles. The monoisotopic (exact) mass is 314 g/mol. The van der Waals surface area contributed by atoms with Crippen LogP contribution in [0.5, 0.6) is 0 Å². The summed E-state index contributed by atoms with van der Waals surface area (Å²) < 4.78 is 2.00. The number of para-hydroxylation sites is 1. The maximum atomic E-state index is 10.6. The Balaban J connectivity index is 1.63. The van der Waals surface area contributed by atoms with E-state index in [4.69, 9.17) is 0 Å². The molecule has 0 saturated carbocycles. The molecule has 23 heavy (non-hydrogen) atoms. The molecule has 0 unspecified atom stereocenters. The molecule has 1 fully saturated rings.